The first kappa shape index (κ1) is 20.8. The van der Waals surface area contributed by atoms with Gasteiger partial charge in [-0.05, 0) is 13.3 Å². The van der Waals surface area contributed by atoms with Crippen molar-refractivity contribution in [1.29, 1.82) is 5.26 Å². The molecule has 0 fully saturated rings. The molecule has 0 aliphatic carbocycles. The summed E-state index contributed by atoms with van der Waals surface area (Å²) in [6, 6.07) is 20.9. The van der Waals surface area contributed by atoms with E-state index in [1.807, 2.05) is 66.7 Å². The van der Waals surface area contributed by atoms with Gasteiger partial charge < -0.3 is 4.52 Å². The molecule has 1 aromatic heterocycles. The van der Waals surface area contributed by atoms with E-state index < -0.39 is 13.7 Å². The fourth-order valence-electron chi connectivity index (χ4n) is 2.68. The topological polar surface area (TPSA) is 98.0 Å². The molecule has 8 heteroatoms. The third-order valence-corrected chi connectivity index (χ3v) is 5.90. The van der Waals surface area contributed by atoms with Crippen LogP contribution in [-0.2, 0) is 13.6 Å². The van der Waals surface area contributed by atoms with Crippen LogP contribution in [0.1, 0.15) is 20.3 Å². The summed E-state index contributed by atoms with van der Waals surface area (Å²) in [6.45, 7) is 3.56. The van der Waals surface area contributed by atoms with Gasteiger partial charge in [-0.25, -0.2) is 4.98 Å². The van der Waals surface area contributed by atoms with E-state index in [1.165, 1.54) is 0 Å². The molecule has 0 radical (unpaired) electrons. The summed E-state index contributed by atoms with van der Waals surface area (Å²) in [7, 11) is -3.93. The molecular formula is C21H21N4O3P. The predicted molar refractivity (Wildman–Crippen MR) is 110 cm³/mol. The largest absolute Gasteiger partial charge is 0.401 e. The molecule has 0 spiro atoms. The van der Waals surface area contributed by atoms with E-state index in [-0.39, 0.29) is 12.2 Å². The average molecular weight is 408 g/mol. The van der Waals surface area contributed by atoms with Crippen LogP contribution in [0.15, 0.2) is 60.7 Å². The number of benzene rings is 2. The molecule has 0 bridgehead atoms. The van der Waals surface area contributed by atoms with E-state index in [0.717, 1.165) is 11.1 Å². The van der Waals surface area contributed by atoms with Crippen LogP contribution < -0.4 is 5.57 Å². The molecule has 2 aromatic carbocycles. The zero-order valence-corrected chi connectivity index (χ0v) is 17.1. The maximum absolute atomic E-state index is 13.4. The zero-order valence-electron chi connectivity index (χ0n) is 16.2. The lowest BCUT2D eigenvalue weighted by Gasteiger charge is -2.19. The van der Waals surface area contributed by atoms with Gasteiger partial charge in [0.2, 0.25) is 0 Å². The Balaban J connectivity index is 2.16. The summed E-state index contributed by atoms with van der Waals surface area (Å²) < 4.78 is 24.3. The maximum atomic E-state index is 13.4. The van der Waals surface area contributed by atoms with Gasteiger partial charge >= 0.3 is 7.60 Å². The number of nitriles is 1. The first-order chi connectivity index (χ1) is 14.1. The maximum Gasteiger partial charge on any atom is 0.401 e. The Morgan fingerprint density at radius 3 is 2.07 bits per heavy atom. The number of aromatic nitrogens is 3. The normalized spacial score (nSPS) is 14.0. The molecule has 7 nitrogen and oxygen atoms in total. The van der Waals surface area contributed by atoms with Gasteiger partial charge in [-0.1, -0.05) is 67.6 Å². The van der Waals surface area contributed by atoms with Crippen molar-refractivity contribution in [3.05, 3.63) is 60.7 Å². The fraction of sp³-hybridized carbons (Fsp3) is 0.238. The van der Waals surface area contributed by atoms with Crippen molar-refractivity contribution in [3.8, 4) is 28.6 Å². The Labute approximate surface area is 169 Å². The summed E-state index contributed by atoms with van der Waals surface area (Å²) in [6.07, 6.45) is -0.542. The molecule has 0 aliphatic rings. The van der Waals surface area contributed by atoms with Crippen LogP contribution in [0, 0.1) is 11.3 Å². The molecule has 3 aromatic rings. The van der Waals surface area contributed by atoms with Gasteiger partial charge in [0.15, 0.2) is 6.10 Å². The molecule has 2 unspecified atom stereocenters. The summed E-state index contributed by atoms with van der Waals surface area (Å²) in [4.78, 5) is 4.54. The standard InChI is InChI=1S/C21H21N4O3P/c1-3-18(15-22)28-29(26,27-4-2)21-23-19(16-11-7-5-8-12-16)20(24-25-21)17-13-9-6-10-14-17/h5-14,18H,3-4H2,1-2H3. The molecule has 29 heavy (non-hydrogen) atoms. The van der Waals surface area contributed by atoms with E-state index in [4.69, 9.17) is 9.05 Å². The first-order valence-electron chi connectivity index (χ1n) is 9.30. The predicted octanol–water partition coefficient (Wildman–Crippen LogP) is 4.38. The van der Waals surface area contributed by atoms with Crippen molar-refractivity contribution < 1.29 is 13.6 Å². The van der Waals surface area contributed by atoms with Gasteiger partial charge in [-0.2, -0.15) is 5.26 Å². The van der Waals surface area contributed by atoms with Gasteiger partial charge in [-0.15, -0.1) is 10.2 Å². The van der Waals surface area contributed by atoms with Gasteiger partial charge in [-0.3, -0.25) is 9.09 Å². The van der Waals surface area contributed by atoms with Crippen LogP contribution in [0.5, 0.6) is 0 Å². The molecule has 0 N–H and O–H groups in total. The summed E-state index contributed by atoms with van der Waals surface area (Å²) in [5.41, 5.74) is 2.52. The van der Waals surface area contributed by atoms with Gasteiger partial charge in [0.25, 0.3) is 5.57 Å². The van der Waals surface area contributed by atoms with E-state index in [2.05, 4.69) is 15.2 Å². The van der Waals surface area contributed by atoms with Crippen molar-refractivity contribution in [3.63, 3.8) is 0 Å². The lowest BCUT2D eigenvalue weighted by molar-refractivity contribution is 0.186. The smallest absolute Gasteiger partial charge is 0.303 e. The molecule has 0 aliphatic heterocycles. The van der Waals surface area contributed by atoms with E-state index >= 15 is 0 Å². The van der Waals surface area contributed by atoms with E-state index in [0.29, 0.717) is 17.8 Å². The van der Waals surface area contributed by atoms with Gasteiger partial charge in [0.1, 0.15) is 11.4 Å². The van der Waals surface area contributed by atoms with Crippen molar-refractivity contribution in [1.82, 2.24) is 15.2 Å². The number of hydrogen-bond donors (Lipinski definition) is 0. The highest BCUT2D eigenvalue weighted by Gasteiger charge is 2.35. The van der Waals surface area contributed by atoms with Crippen LogP contribution in [0.25, 0.3) is 22.5 Å². The number of nitrogens with zero attached hydrogens (tertiary/aromatic N) is 4. The Kier molecular flexibility index (Phi) is 6.84. The second-order valence-electron chi connectivity index (χ2n) is 6.09. The quantitative estimate of drug-likeness (QED) is 0.510. The van der Waals surface area contributed by atoms with Gasteiger partial charge in [0.05, 0.1) is 12.7 Å². The van der Waals surface area contributed by atoms with Crippen LogP contribution in [0.3, 0.4) is 0 Å². The van der Waals surface area contributed by atoms with E-state index in [1.54, 1.807) is 13.8 Å². The Bertz CT molecular complexity index is 1040. The number of rotatable bonds is 8. The number of hydrogen-bond acceptors (Lipinski definition) is 7. The van der Waals surface area contributed by atoms with Crippen LogP contribution in [0.4, 0.5) is 0 Å². The minimum Gasteiger partial charge on any atom is -0.303 e. The summed E-state index contributed by atoms with van der Waals surface area (Å²) >= 11 is 0. The molecule has 148 valence electrons. The van der Waals surface area contributed by atoms with Crippen LogP contribution >= 0.6 is 7.60 Å². The molecule has 1 heterocycles. The SMILES string of the molecule is CCOP(=O)(OC(C#N)CC)c1nnc(-c2ccccc2)c(-c2ccccc2)n1. The van der Waals surface area contributed by atoms with Crippen molar-refractivity contribution in [2.75, 3.05) is 6.61 Å². The first-order valence-corrected chi connectivity index (χ1v) is 10.8. The van der Waals surface area contributed by atoms with Crippen LogP contribution in [0.2, 0.25) is 0 Å². The third kappa shape index (κ3) is 4.75. The minimum absolute atomic E-state index is 0.115. The second kappa shape index (κ2) is 9.53. The Morgan fingerprint density at radius 2 is 1.55 bits per heavy atom. The lowest BCUT2D eigenvalue weighted by atomic mass is 10.0. The zero-order chi connectivity index (χ0) is 20.7. The molecule has 0 saturated carbocycles. The summed E-state index contributed by atoms with van der Waals surface area (Å²) in [5, 5.41) is 17.6. The van der Waals surface area contributed by atoms with Crippen molar-refractivity contribution in [2.45, 2.75) is 26.4 Å². The summed E-state index contributed by atoms with van der Waals surface area (Å²) in [5.74, 6) is 0. The fourth-order valence-corrected chi connectivity index (χ4v) is 4.20. The Morgan fingerprint density at radius 1 is 0.966 bits per heavy atom. The molecule has 0 saturated heterocycles. The third-order valence-electron chi connectivity index (χ3n) is 4.09. The second-order valence-corrected chi connectivity index (χ2v) is 7.95. The molecule has 3 rings (SSSR count). The van der Waals surface area contributed by atoms with Crippen molar-refractivity contribution in [2.24, 2.45) is 0 Å². The minimum atomic E-state index is -3.93. The highest BCUT2D eigenvalue weighted by atomic mass is 31.2. The molecular weight excluding hydrogens is 387 g/mol. The van der Waals surface area contributed by atoms with E-state index in [9.17, 15) is 9.83 Å². The molecule has 2 atom stereocenters. The Hall–Kier alpha value is -2.91. The lowest BCUT2D eigenvalue weighted by Crippen LogP contribution is -2.23. The van der Waals surface area contributed by atoms with Gasteiger partial charge in [0, 0.05) is 11.1 Å². The average Bonchev–Trinajstić information content (AvgIpc) is 2.78. The highest BCUT2D eigenvalue weighted by Crippen LogP contribution is 2.47. The highest BCUT2D eigenvalue weighted by molar-refractivity contribution is 7.61. The molecule has 0 amide bonds. The van der Waals surface area contributed by atoms with Crippen molar-refractivity contribution >= 4 is 13.2 Å². The van der Waals surface area contributed by atoms with Crippen LogP contribution in [-0.4, -0.2) is 27.9 Å². The monoisotopic (exact) mass is 408 g/mol.